The van der Waals surface area contributed by atoms with Crippen molar-refractivity contribution in [3.63, 3.8) is 0 Å². The lowest BCUT2D eigenvalue weighted by molar-refractivity contribution is 0.289. The molecule has 0 aliphatic heterocycles. The van der Waals surface area contributed by atoms with E-state index in [0.29, 0.717) is 13.0 Å². The van der Waals surface area contributed by atoms with Crippen molar-refractivity contribution >= 4 is 10.8 Å². The van der Waals surface area contributed by atoms with Gasteiger partial charge in [0.2, 0.25) is 0 Å². The molecule has 0 aromatic heterocycles. The molecule has 0 radical (unpaired) electrons. The lowest BCUT2D eigenvalue weighted by Gasteiger charge is -2.16. The van der Waals surface area contributed by atoms with Gasteiger partial charge in [0, 0.05) is 11.8 Å². The highest BCUT2D eigenvalue weighted by molar-refractivity contribution is 5.88. The van der Waals surface area contributed by atoms with Crippen LogP contribution >= 0.6 is 0 Å². The Morgan fingerprint density at radius 3 is 2.72 bits per heavy atom. The summed E-state index contributed by atoms with van der Waals surface area (Å²) in [6, 6.07) is 16.1. The molecule has 18 heavy (non-hydrogen) atoms. The zero-order chi connectivity index (χ0) is 13.0. The molecule has 0 spiro atoms. The third kappa shape index (κ3) is 2.79. The molecule has 3 heteroatoms. The first kappa shape index (κ1) is 12.4. The summed E-state index contributed by atoms with van der Waals surface area (Å²) >= 11 is 0. The Kier molecular flexibility index (Phi) is 3.50. The number of nitrogens with two attached hydrogens (primary N) is 1. The number of nitrogens with zero attached hydrogens (tertiary/aromatic N) is 1. The molecule has 1 atom stereocenters. The fourth-order valence-electron chi connectivity index (χ4n) is 1.75. The van der Waals surface area contributed by atoms with E-state index in [-0.39, 0.29) is 0 Å². The largest absolute Gasteiger partial charge is 0.493 e. The first-order valence-corrected chi connectivity index (χ1v) is 5.93. The molecule has 0 amide bonds. The summed E-state index contributed by atoms with van der Waals surface area (Å²) in [6.45, 7) is 2.15. The summed E-state index contributed by atoms with van der Waals surface area (Å²) in [6.07, 6.45) is 0.507. The Hall–Kier alpha value is -2.05. The van der Waals surface area contributed by atoms with E-state index >= 15 is 0 Å². The molecule has 2 rings (SSSR count). The molecule has 3 nitrogen and oxygen atoms in total. The van der Waals surface area contributed by atoms with Gasteiger partial charge >= 0.3 is 0 Å². The summed E-state index contributed by atoms with van der Waals surface area (Å²) in [5.41, 5.74) is 4.92. The molecule has 0 bridgehead atoms. The maximum atomic E-state index is 8.83. The van der Waals surface area contributed by atoms with Crippen molar-refractivity contribution in [2.75, 3.05) is 6.61 Å². The number of hydrogen-bond donors (Lipinski definition) is 1. The second-order valence-corrected chi connectivity index (χ2v) is 4.61. The normalized spacial score (nSPS) is 13.8. The molecule has 2 aromatic rings. The van der Waals surface area contributed by atoms with Crippen LogP contribution in [0.15, 0.2) is 42.5 Å². The molecule has 0 heterocycles. The van der Waals surface area contributed by atoms with E-state index in [9.17, 15) is 0 Å². The first-order chi connectivity index (χ1) is 8.62. The second-order valence-electron chi connectivity index (χ2n) is 4.61. The van der Waals surface area contributed by atoms with Crippen molar-refractivity contribution in [1.29, 1.82) is 5.26 Å². The topological polar surface area (TPSA) is 59.0 Å². The molecular formula is C15H16N2O. The third-order valence-electron chi connectivity index (χ3n) is 2.88. The average Bonchev–Trinajstić information content (AvgIpc) is 2.39. The third-order valence-corrected chi connectivity index (χ3v) is 2.88. The van der Waals surface area contributed by atoms with Gasteiger partial charge in [-0.1, -0.05) is 36.4 Å². The summed E-state index contributed by atoms with van der Waals surface area (Å²) in [5.74, 6) is 0.835. The van der Waals surface area contributed by atoms with Gasteiger partial charge in [-0.25, -0.2) is 0 Å². The van der Waals surface area contributed by atoms with Crippen LogP contribution in [0, 0.1) is 11.3 Å². The standard InChI is InChI=1S/C15H16N2O/c1-15(17,11-16)9-10-18-14-8-4-6-12-5-2-3-7-13(12)14/h2-8H,9-10,17H2,1H3. The zero-order valence-corrected chi connectivity index (χ0v) is 10.4. The van der Waals surface area contributed by atoms with Gasteiger partial charge in [0.25, 0.3) is 0 Å². The Balaban J connectivity index is 2.11. The Morgan fingerprint density at radius 2 is 1.94 bits per heavy atom. The molecule has 2 N–H and O–H groups in total. The maximum Gasteiger partial charge on any atom is 0.127 e. The number of rotatable bonds is 4. The summed E-state index contributed by atoms with van der Waals surface area (Å²) in [7, 11) is 0. The second kappa shape index (κ2) is 5.07. The summed E-state index contributed by atoms with van der Waals surface area (Å²) in [5, 5.41) is 11.1. The van der Waals surface area contributed by atoms with E-state index in [2.05, 4.69) is 6.07 Å². The van der Waals surface area contributed by atoms with Crippen molar-refractivity contribution < 1.29 is 4.74 Å². The van der Waals surface area contributed by atoms with Crippen LogP contribution in [0.25, 0.3) is 10.8 Å². The molecule has 0 fully saturated rings. The highest BCUT2D eigenvalue weighted by Gasteiger charge is 2.17. The van der Waals surface area contributed by atoms with Gasteiger partial charge in [0.05, 0.1) is 12.7 Å². The fraction of sp³-hybridized carbons (Fsp3) is 0.267. The predicted octanol–water partition coefficient (Wildman–Crippen LogP) is 2.85. The van der Waals surface area contributed by atoms with Gasteiger partial charge < -0.3 is 10.5 Å². The van der Waals surface area contributed by atoms with Crippen LogP contribution in [0.3, 0.4) is 0 Å². The Morgan fingerprint density at radius 1 is 1.22 bits per heavy atom. The quantitative estimate of drug-likeness (QED) is 0.894. The Labute approximate surface area is 107 Å². The van der Waals surface area contributed by atoms with E-state index in [1.807, 2.05) is 42.5 Å². The van der Waals surface area contributed by atoms with Crippen LogP contribution in [0.2, 0.25) is 0 Å². The molecule has 92 valence electrons. The monoisotopic (exact) mass is 240 g/mol. The average molecular weight is 240 g/mol. The maximum absolute atomic E-state index is 8.83. The fourth-order valence-corrected chi connectivity index (χ4v) is 1.75. The molecule has 0 aliphatic carbocycles. The van der Waals surface area contributed by atoms with Crippen LogP contribution in [-0.2, 0) is 0 Å². The van der Waals surface area contributed by atoms with E-state index in [1.54, 1.807) is 6.92 Å². The minimum atomic E-state index is -0.829. The Bertz CT molecular complexity index is 579. The van der Waals surface area contributed by atoms with Crippen LogP contribution in [-0.4, -0.2) is 12.1 Å². The number of nitriles is 1. The minimum Gasteiger partial charge on any atom is -0.493 e. The smallest absolute Gasteiger partial charge is 0.127 e. The van der Waals surface area contributed by atoms with E-state index in [0.717, 1.165) is 16.5 Å². The highest BCUT2D eigenvalue weighted by atomic mass is 16.5. The minimum absolute atomic E-state index is 0.439. The molecule has 1 unspecified atom stereocenters. The van der Waals surface area contributed by atoms with Crippen molar-refractivity contribution in [3.8, 4) is 11.8 Å². The molecule has 0 saturated heterocycles. The highest BCUT2D eigenvalue weighted by Crippen LogP contribution is 2.25. The molecule has 0 saturated carbocycles. The lowest BCUT2D eigenvalue weighted by Crippen LogP contribution is -2.35. The number of hydrogen-bond acceptors (Lipinski definition) is 3. The number of ether oxygens (including phenoxy) is 1. The summed E-state index contributed by atoms with van der Waals surface area (Å²) < 4.78 is 5.73. The van der Waals surface area contributed by atoms with Gasteiger partial charge in [-0.2, -0.15) is 5.26 Å². The molecule has 0 aliphatic rings. The van der Waals surface area contributed by atoms with Crippen LogP contribution in [0.4, 0.5) is 0 Å². The van der Waals surface area contributed by atoms with Gasteiger partial charge in [-0.3, -0.25) is 0 Å². The lowest BCUT2D eigenvalue weighted by atomic mass is 10.0. The van der Waals surface area contributed by atoms with Crippen LogP contribution in [0.1, 0.15) is 13.3 Å². The van der Waals surface area contributed by atoms with E-state index in [4.69, 9.17) is 15.7 Å². The van der Waals surface area contributed by atoms with Crippen molar-refractivity contribution in [2.45, 2.75) is 18.9 Å². The number of benzene rings is 2. The van der Waals surface area contributed by atoms with E-state index in [1.165, 1.54) is 0 Å². The molecular weight excluding hydrogens is 224 g/mol. The molecule has 2 aromatic carbocycles. The van der Waals surface area contributed by atoms with Gasteiger partial charge in [0.1, 0.15) is 11.3 Å². The predicted molar refractivity (Wildman–Crippen MR) is 72.3 cm³/mol. The van der Waals surface area contributed by atoms with Crippen molar-refractivity contribution in [1.82, 2.24) is 0 Å². The van der Waals surface area contributed by atoms with Crippen molar-refractivity contribution in [2.24, 2.45) is 5.73 Å². The van der Waals surface area contributed by atoms with Crippen molar-refractivity contribution in [3.05, 3.63) is 42.5 Å². The number of fused-ring (bicyclic) bond motifs is 1. The zero-order valence-electron chi connectivity index (χ0n) is 10.4. The van der Waals surface area contributed by atoms with Crippen LogP contribution in [0.5, 0.6) is 5.75 Å². The van der Waals surface area contributed by atoms with Gasteiger partial charge in [-0.05, 0) is 18.4 Å². The SMILES string of the molecule is CC(N)(C#N)CCOc1cccc2ccccc12. The summed E-state index contributed by atoms with van der Waals surface area (Å²) in [4.78, 5) is 0. The van der Waals surface area contributed by atoms with Gasteiger partial charge in [0.15, 0.2) is 0 Å². The first-order valence-electron chi connectivity index (χ1n) is 5.93. The van der Waals surface area contributed by atoms with Crippen LogP contribution < -0.4 is 10.5 Å². The van der Waals surface area contributed by atoms with E-state index < -0.39 is 5.54 Å². The van der Waals surface area contributed by atoms with Gasteiger partial charge in [-0.15, -0.1) is 0 Å².